The third-order valence-electron chi connectivity index (χ3n) is 5.92. The summed E-state index contributed by atoms with van der Waals surface area (Å²) in [7, 11) is 0. The van der Waals surface area contributed by atoms with Gasteiger partial charge in [-0.1, -0.05) is 12.1 Å². The molecule has 3 heterocycles. The predicted molar refractivity (Wildman–Crippen MR) is 122 cm³/mol. The first-order valence-corrected chi connectivity index (χ1v) is 10.7. The molecule has 7 heteroatoms. The molecule has 1 fully saturated rings. The molecule has 0 amide bonds. The number of benzene rings is 1. The Morgan fingerprint density at radius 2 is 1.90 bits per heavy atom. The van der Waals surface area contributed by atoms with Crippen LogP contribution in [0.25, 0.3) is 5.65 Å². The highest BCUT2D eigenvalue weighted by Gasteiger charge is 2.20. The largest absolute Gasteiger partial charge is 0.478 e. The van der Waals surface area contributed by atoms with E-state index in [1.165, 1.54) is 6.42 Å². The highest BCUT2D eigenvalue weighted by atomic mass is 16.4. The van der Waals surface area contributed by atoms with Crippen LogP contribution >= 0.6 is 0 Å². The van der Waals surface area contributed by atoms with Crippen LogP contribution in [0.3, 0.4) is 0 Å². The van der Waals surface area contributed by atoms with Crippen molar-refractivity contribution < 1.29 is 9.90 Å². The van der Waals surface area contributed by atoms with E-state index in [-0.39, 0.29) is 17.2 Å². The Kier molecular flexibility index (Phi) is 5.67. The fourth-order valence-electron chi connectivity index (χ4n) is 4.34. The van der Waals surface area contributed by atoms with E-state index in [4.69, 9.17) is 4.98 Å². The molecule has 0 bridgehead atoms. The molecular formula is C24H28N4O3. The maximum absolute atomic E-state index is 12.9. The molecule has 1 unspecified atom stereocenters. The van der Waals surface area contributed by atoms with Gasteiger partial charge in [-0.25, -0.2) is 9.78 Å². The standard InChI is InChI=1S/C24H28N4O3/c1-15-12-18(17(3)25-19-9-7-8-16(2)22(19)24(30)31)23-26-20(13-21(29)28(23)14-15)27-10-5-4-6-11-27/h7-9,12-14,17,25H,4-6,10-11H2,1-3H3,(H,30,31). The molecule has 1 aromatic carbocycles. The van der Waals surface area contributed by atoms with Gasteiger partial charge in [0.05, 0.1) is 11.6 Å². The number of aryl methyl sites for hydroxylation is 2. The molecule has 1 aliphatic heterocycles. The van der Waals surface area contributed by atoms with Gasteiger partial charge in [-0.05, 0) is 63.3 Å². The first-order valence-electron chi connectivity index (χ1n) is 10.7. The third kappa shape index (κ3) is 4.13. The van der Waals surface area contributed by atoms with Gasteiger partial charge in [0.25, 0.3) is 5.56 Å². The molecule has 1 atom stereocenters. The van der Waals surface area contributed by atoms with Gasteiger partial charge in [0.15, 0.2) is 0 Å². The summed E-state index contributed by atoms with van der Waals surface area (Å²) in [6.45, 7) is 7.50. The Hall–Kier alpha value is -3.35. The van der Waals surface area contributed by atoms with E-state index in [1.807, 2.05) is 26.0 Å². The number of carboxylic acids is 1. The second kappa shape index (κ2) is 8.41. The Bertz CT molecular complexity index is 1200. The van der Waals surface area contributed by atoms with Crippen molar-refractivity contribution in [3.8, 4) is 0 Å². The van der Waals surface area contributed by atoms with E-state index >= 15 is 0 Å². The van der Waals surface area contributed by atoms with Gasteiger partial charge in [-0.15, -0.1) is 0 Å². The van der Waals surface area contributed by atoms with Crippen molar-refractivity contribution in [1.29, 1.82) is 0 Å². The van der Waals surface area contributed by atoms with E-state index < -0.39 is 5.97 Å². The number of carboxylic acid groups (broad SMARTS) is 1. The van der Waals surface area contributed by atoms with Crippen molar-refractivity contribution in [1.82, 2.24) is 9.38 Å². The molecule has 0 aliphatic carbocycles. The van der Waals surface area contributed by atoms with E-state index in [0.29, 0.717) is 22.7 Å². The number of rotatable bonds is 5. The minimum Gasteiger partial charge on any atom is -0.478 e. The molecule has 2 N–H and O–H groups in total. The van der Waals surface area contributed by atoms with Crippen molar-refractivity contribution in [3.63, 3.8) is 0 Å². The summed E-state index contributed by atoms with van der Waals surface area (Å²) < 4.78 is 1.59. The van der Waals surface area contributed by atoms with Crippen LogP contribution in [-0.2, 0) is 0 Å². The summed E-state index contributed by atoms with van der Waals surface area (Å²) in [6, 6.07) is 8.76. The average molecular weight is 421 g/mol. The Morgan fingerprint density at radius 3 is 2.61 bits per heavy atom. The lowest BCUT2D eigenvalue weighted by Gasteiger charge is -2.28. The number of fused-ring (bicyclic) bond motifs is 1. The minimum absolute atomic E-state index is 0.107. The number of hydrogen-bond acceptors (Lipinski definition) is 5. The lowest BCUT2D eigenvalue weighted by atomic mass is 10.0. The third-order valence-corrected chi connectivity index (χ3v) is 5.92. The molecule has 31 heavy (non-hydrogen) atoms. The molecule has 7 nitrogen and oxygen atoms in total. The number of nitrogens with zero attached hydrogens (tertiary/aromatic N) is 3. The highest BCUT2D eigenvalue weighted by molar-refractivity contribution is 5.96. The van der Waals surface area contributed by atoms with Crippen molar-refractivity contribution >= 4 is 23.1 Å². The number of carbonyl (C=O) groups is 1. The van der Waals surface area contributed by atoms with Crippen LogP contribution in [0.1, 0.15) is 59.3 Å². The van der Waals surface area contributed by atoms with Crippen LogP contribution in [-0.4, -0.2) is 33.6 Å². The zero-order valence-electron chi connectivity index (χ0n) is 18.2. The number of aromatic nitrogens is 2. The second-order valence-electron chi connectivity index (χ2n) is 8.34. The lowest BCUT2D eigenvalue weighted by Crippen LogP contribution is -2.32. The lowest BCUT2D eigenvalue weighted by molar-refractivity contribution is 0.0697. The summed E-state index contributed by atoms with van der Waals surface area (Å²) in [5.41, 5.74) is 3.79. The number of nitrogens with one attached hydrogen (secondary N) is 1. The maximum atomic E-state index is 12.9. The summed E-state index contributed by atoms with van der Waals surface area (Å²) in [4.78, 5) is 31.7. The first kappa shape index (κ1) is 20.9. The number of anilines is 2. The fraction of sp³-hybridized carbons (Fsp3) is 0.375. The van der Waals surface area contributed by atoms with E-state index in [2.05, 4.69) is 10.2 Å². The molecule has 1 saturated heterocycles. The molecule has 0 radical (unpaired) electrons. The van der Waals surface area contributed by atoms with Crippen LogP contribution in [0.2, 0.25) is 0 Å². The number of piperidine rings is 1. The Labute approximate surface area is 181 Å². The van der Waals surface area contributed by atoms with Crippen molar-refractivity contribution in [3.05, 3.63) is 69.1 Å². The molecular weight excluding hydrogens is 392 g/mol. The van der Waals surface area contributed by atoms with Gasteiger partial charge >= 0.3 is 5.97 Å². The summed E-state index contributed by atoms with van der Waals surface area (Å²) in [5, 5.41) is 13.0. The topological polar surface area (TPSA) is 86.9 Å². The summed E-state index contributed by atoms with van der Waals surface area (Å²) in [5.74, 6) is -0.257. The predicted octanol–water partition coefficient (Wildman–Crippen LogP) is 4.17. The molecule has 2 aromatic heterocycles. The number of pyridine rings is 1. The number of aromatic carboxylic acids is 1. The monoisotopic (exact) mass is 420 g/mol. The normalized spacial score (nSPS) is 15.1. The molecule has 0 spiro atoms. The van der Waals surface area contributed by atoms with Crippen molar-refractivity contribution in [2.45, 2.75) is 46.1 Å². The summed E-state index contributed by atoms with van der Waals surface area (Å²) in [6.07, 6.45) is 5.21. The van der Waals surface area contributed by atoms with Crippen LogP contribution in [0.4, 0.5) is 11.5 Å². The van der Waals surface area contributed by atoms with Gasteiger partial charge < -0.3 is 15.3 Å². The minimum atomic E-state index is -0.969. The Morgan fingerprint density at radius 1 is 1.16 bits per heavy atom. The second-order valence-corrected chi connectivity index (χ2v) is 8.34. The highest BCUT2D eigenvalue weighted by Crippen LogP contribution is 2.28. The van der Waals surface area contributed by atoms with Gasteiger partial charge in [-0.2, -0.15) is 0 Å². The SMILES string of the molecule is Cc1cc(C(C)Nc2cccc(C)c2C(=O)O)c2nc(N3CCCCC3)cc(=O)n2c1. The average Bonchev–Trinajstić information content (AvgIpc) is 2.74. The van der Waals surface area contributed by atoms with Crippen LogP contribution < -0.4 is 15.8 Å². The quantitative estimate of drug-likeness (QED) is 0.644. The van der Waals surface area contributed by atoms with E-state index in [0.717, 1.165) is 37.1 Å². The molecule has 1 aliphatic rings. The number of hydrogen-bond donors (Lipinski definition) is 2. The van der Waals surface area contributed by atoms with Gasteiger partial charge in [0.1, 0.15) is 11.5 Å². The van der Waals surface area contributed by atoms with Crippen LogP contribution in [0.15, 0.2) is 41.3 Å². The Balaban J connectivity index is 1.79. The molecule has 4 rings (SSSR count). The van der Waals surface area contributed by atoms with E-state index in [1.54, 1.807) is 35.7 Å². The zero-order valence-corrected chi connectivity index (χ0v) is 18.2. The van der Waals surface area contributed by atoms with Crippen molar-refractivity contribution in [2.75, 3.05) is 23.3 Å². The van der Waals surface area contributed by atoms with Crippen molar-refractivity contribution in [2.24, 2.45) is 0 Å². The molecule has 162 valence electrons. The van der Waals surface area contributed by atoms with Gasteiger partial charge in [0.2, 0.25) is 0 Å². The van der Waals surface area contributed by atoms with Crippen LogP contribution in [0.5, 0.6) is 0 Å². The zero-order chi connectivity index (χ0) is 22.1. The fourth-order valence-corrected chi connectivity index (χ4v) is 4.34. The maximum Gasteiger partial charge on any atom is 0.338 e. The van der Waals surface area contributed by atoms with E-state index in [9.17, 15) is 14.7 Å². The van der Waals surface area contributed by atoms with Gasteiger partial charge in [-0.3, -0.25) is 9.20 Å². The van der Waals surface area contributed by atoms with Crippen LogP contribution in [0, 0.1) is 13.8 Å². The molecule has 0 saturated carbocycles. The van der Waals surface area contributed by atoms with Gasteiger partial charge in [0, 0.05) is 36.6 Å². The summed E-state index contributed by atoms with van der Waals surface area (Å²) >= 11 is 0. The smallest absolute Gasteiger partial charge is 0.338 e. The first-order chi connectivity index (χ1) is 14.8. The molecule has 3 aromatic rings.